The molecular weight excluding hydrogens is 332 g/mol. The van der Waals surface area contributed by atoms with E-state index >= 15 is 0 Å². The van der Waals surface area contributed by atoms with Crippen LogP contribution in [-0.4, -0.2) is 35.1 Å². The summed E-state index contributed by atoms with van der Waals surface area (Å²) in [7, 11) is 0. The largest absolute Gasteiger partial charge is 0.465 e. The fourth-order valence-corrected chi connectivity index (χ4v) is 3.46. The quantitative estimate of drug-likeness (QED) is 0.607. The Balaban J connectivity index is 2.04. The van der Waals surface area contributed by atoms with Gasteiger partial charge in [0.05, 0.1) is 24.6 Å². The van der Waals surface area contributed by atoms with Crippen LogP contribution in [0.15, 0.2) is 30.6 Å². The summed E-state index contributed by atoms with van der Waals surface area (Å²) in [5, 5.41) is 0. The fourth-order valence-electron chi connectivity index (χ4n) is 3.46. The highest BCUT2D eigenvalue weighted by Crippen LogP contribution is 2.42. The average molecular weight is 354 g/mol. The lowest BCUT2D eigenvalue weighted by atomic mass is 9.84. The SMILES string of the molecule is CCOC(=O)C1(C(=O)OCC)Cc2cnc(-c3ccccn3)c(C)c2C1. The molecule has 0 aromatic carbocycles. The van der Waals surface area contributed by atoms with Gasteiger partial charge in [-0.3, -0.25) is 19.6 Å². The standard InChI is InChI=1S/C20H22N2O4/c1-4-25-18(23)20(19(24)26-5-2)10-14-12-22-17(13(3)15(14)11-20)16-8-6-7-9-21-16/h6-9,12H,4-5,10-11H2,1-3H3. The predicted octanol–water partition coefficient (Wildman–Crippen LogP) is 2.66. The minimum Gasteiger partial charge on any atom is -0.465 e. The number of carbonyl (C=O) groups is 2. The van der Waals surface area contributed by atoms with Crippen LogP contribution in [0.1, 0.15) is 30.5 Å². The summed E-state index contributed by atoms with van der Waals surface area (Å²) in [6.45, 7) is 5.83. The summed E-state index contributed by atoms with van der Waals surface area (Å²) < 4.78 is 10.4. The Kier molecular flexibility index (Phi) is 5.02. The van der Waals surface area contributed by atoms with Gasteiger partial charge < -0.3 is 9.47 Å². The third-order valence-corrected chi connectivity index (χ3v) is 4.76. The second kappa shape index (κ2) is 7.23. The molecule has 6 heteroatoms. The molecule has 26 heavy (non-hydrogen) atoms. The monoisotopic (exact) mass is 354 g/mol. The van der Waals surface area contributed by atoms with E-state index in [1.165, 1.54) is 0 Å². The third-order valence-electron chi connectivity index (χ3n) is 4.76. The molecule has 2 aromatic rings. The summed E-state index contributed by atoms with van der Waals surface area (Å²) in [6, 6.07) is 5.64. The van der Waals surface area contributed by atoms with Gasteiger partial charge in [0.25, 0.3) is 0 Å². The lowest BCUT2D eigenvalue weighted by Gasteiger charge is -2.24. The second-order valence-electron chi connectivity index (χ2n) is 6.33. The minimum absolute atomic E-state index is 0.215. The first kappa shape index (κ1) is 18.0. The van der Waals surface area contributed by atoms with Gasteiger partial charge >= 0.3 is 11.9 Å². The van der Waals surface area contributed by atoms with Gasteiger partial charge in [0, 0.05) is 25.2 Å². The van der Waals surface area contributed by atoms with Crippen molar-refractivity contribution in [1.82, 2.24) is 9.97 Å². The molecule has 0 saturated heterocycles. The highest BCUT2D eigenvalue weighted by atomic mass is 16.6. The molecule has 136 valence electrons. The molecule has 0 atom stereocenters. The Morgan fingerprint density at radius 2 is 1.77 bits per heavy atom. The van der Waals surface area contributed by atoms with E-state index in [1.54, 1.807) is 26.2 Å². The smallest absolute Gasteiger partial charge is 0.324 e. The number of aromatic nitrogens is 2. The molecule has 0 aliphatic heterocycles. The van der Waals surface area contributed by atoms with Crippen molar-refractivity contribution < 1.29 is 19.1 Å². The van der Waals surface area contributed by atoms with Crippen LogP contribution in [0, 0.1) is 12.3 Å². The molecule has 1 aliphatic rings. The van der Waals surface area contributed by atoms with Crippen LogP contribution < -0.4 is 0 Å². The molecule has 0 bridgehead atoms. The topological polar surface area (TPSA) is 78.4 Å². The Bertz CT molecular complexity index is 815. The van der Waals surface area contributed by atoms with Crippen molar-refractivity contribution in [2.24, 2.45) is 5.41 Å². The van der Waals surface area contributed by atoms with Gasteiger partial charge in [-0.05, 0) is 49.6 Å². The van der Waals surface area contributed by atoms with E-state index in [-0.39, 0.29) is 26.1 Å². The molecule has 0 N–H and O–H groups in total. The molecular formula is C20H22N2O4. The summed E-state index contributed by atoms with van der Waals surface area (Å²) in [5.74, 6) is -1.07. The summed E-state index contributed by atoms with van der Waals surface area (Å²) >= 11 is 0. The number of ether oxygens (including phenoxy) is 2. The van der Waals surface area contributed by atoms with Crippen molar-refractivity contribution >= 4 is 11.9 Å². The zero-order chi connectivity index (χ0) is 18.7. The molecule has 0 saturated carbocycles. The lowest BCUT2D eigenvalue weighted by Crippen LogP contribution is -2.43. The van der Waals surface area contributed by atoms with Gasteiger partial charge in [-0.1, -0.05) is 6.07 Å². The highest BCUT2D eigenvalue weighted by Gasteiger charge is 2.53. The van der Waals surface area contributed by atoms with Gasteiger partial charge in [0.1, 0.15) is 0 Å². The number of carbonyl (C=O) groups excluding carboxylic acids is 2. The highest BCUT2D eigenvalue weighted by molar-refractivity contribution is 6.01. The first-order chi connectivity index (χ1) is 12.5. The first-order valence-electron chi connectivity index (χ1n) is 8.76. The zero-order valence-corrected chi connectivity index (χ0v) is 15.2. The molecule has 0 spiro atoms. The molecule has 0 unspecified atom stereocenters. The summed E-state index contributed by atoms with van der Waals surface area (Å²) in [6.07, 6.45) is 3.95. The maximum atomic E-state index is 12.7. The Hall–Kier alpha value is -2.76. The number of rotatable bonds is 5. The predicted molar refractivity (Wildman–Crippen MR) is 95.3 cm³/mol. The summed E-state index contributed by atoms with van der Waals surface area (Å²) in [4.78, 5) is 34.2. The van der Waals surface area contributed by atoms with Crippen LogP contribution in [-0.2, 0) is 31.9 Å². The van der Waals surface area contributed by atoms with Crippen molar-refractivity contribution in [1.29, 1.82) is 0 Å². The van der Waals surface area contributed by atoms with Crippen molar-refractivity contribution in [2.75, 3.05) is 13.2 Å². The number of nitrogens with zero attached hydrogens (tertiary/aromatic N) is 2. The van der Waals surface area contributed by atoms with Gasteiger partial charge in [0.15, 0.2) is 5.41 Å². The molecule has 2 heterocycles. The maximum Gasteiger partial charge on any atom is 0.324 e. The van der Waals surface area contributed by atoms with E-state index in [2.05, 4.69) is 9.97 Å². The Labute approximate surface area is 152 Å². The molecule has 6 nitrogen and oxygen atoms in total. The van der Waals surface area contributed by atoms with Crippen LogP contribution in [0.5, 0.6) is 0 Å². The third kappa shape index (κ3) is 2.96. The van der Waals surface area contributed by atoms with E-state index < -0.39 is 17.4 Å². The van der Waals surface area contributed by atoms with Gasteiger partial charge in [-0.2, -0.15) is 0 Å². The van der Waals surface area contributed by atoms with Crippen LogP contribution in [0.25, 0.3) is 11.4 Å². The van der Waals surface area contributed by atoms with Gasteiger partial charge in [-0.15, -0.1) is 0 Å². The minimum atomic E-state index is -1.33. The van der Waals surface area contributed by atoms with Gasteiger partial charge in [-0.25, -0.2) is 0 Å². The fraction of sp³-hybridized carbons (Fsp3) is 0.400. The van der Waals surface area contributed by atoms with Gasteiger partial charge in [0.2, 0.25) is 0 Å². The van der Waals surface area contributed by atoms with Crippen LogP contribution in [0.3, 0.4) is 0 Å². The van der Waals surface area contributed by atoms with E-state index in [4.69, 9.17) is 9.47 Å². The number of hydrogen-bond donors (Lipinski definition) is 0. The number of pyridine rings is 2. The molecule has 1 aliphatic carbocycles. The Morgan fingerprint density at radius 3 is 2.35 bits per heavy atom. The molecule has 0 amide bonds. The van der Waals surface area contributed by atoms with Crippen LogP contribution >= 0.6 is 0 Å². The number of esters is 2. The van der Waals surface area contributed by atoms with Crippen LogP contribution in [0.2, 0.25) is 0 Å². The maximum absolute atomic E-state index is 12.7. The van der Waals surface area contributed by atoms with Crippen LogP contribution in [0.4, 0.5) is 0 Å². The van der Waals surface area contributed by atoms with E-state index in [1.807, 2.05) is 25.1 Å². The first-order valence-corrected chi connectivity index (χ1v) is 8.76. The van der Waals surface area contributed by atoms with Crippen molar-refractivity contribution in [3.8, 4) is 11.4 Å². The van der Waals surface area contributed by atoms with E-state index in [0.717, 1.165) is 28.1 Å². The second-order valence-corrected chi connectivity index (χ2v) is 6.33. The number of fused-ring (bicyclic) bond motifs is 1. The lowest BCUT2D eigenvalue weighted by molar-refractivity contribution is -0.171. The zero-order valence-electron chi connectivity index (χ0n) is 15.2. The number of hydrogen-bond acceptors (Lipinski definition) is 6. The molecule has 0 fully saturated rings. The molecule has 0 radical (unpaired) electrons. The average Bonchev–Trinajstić information content (AvgIpc) is 3.05. The summed E-state index contributed by atoms with van der Waals surface area (Å²) in [5.41, 5.74) is 2.94. The van der Waals surface area contributed by atoms with Crippen molar-refractivity contribution in [3.63, 3.8) is 0 Å². The van der Waals surface area contributed by atoms with Crippen molar-refractivity contribution in [3.05, 3.63) is 47.3 Å². The van der Waals surface area contributed by atoms with E-state index in [9.17, 15) is 9.59 Å². The normalized spacial score (nSPS) is 14.6. The van der Waals surface area contributed by atoms with E-state index in [0.29, 0.717) is 0 Å². The van der Waals surface area contributed by atoms with Crippen molar-refractivity contribution in [2.45, 2.75) is 33.6 Å². The molecule has 3 rings (SSSR count). The Morgan fingerprint density at radius 1 is 1.08 bits per heavy atom. The molecule has 2 aromatic heterocycles.